The third-order valence-corrected chi connectivity index (χ3v) is 2.00. The molecule has 0 unspecified atom stereocenters. The van der Waals surface area contributed by atoms with Gasteiger partial charge in [-0.15, -0.1) is 0 Å². The van der Waals surface area contributed by atoms with Crippen molar-refractivity contribution in [2.24, 2.45) is 5.92 Å². The van der Waals surface area contributed by atoms with Gasteiger partial charge in [-0.2, -0.15) is 17.6 Å². The minimum atomic E-state index is -3.75. The Balaban J connectivity index is 2.65. The second-order valence-corrected chi connectivity index (χ2v) is 2.64. The van der Waals surface area contributed by atoms with Crippen molar-refractivity contribution in [2.75, 3.05) is 0 Å². The largest absolute Gasteiger partial charge is 0.313 e. The summed E-state index contributed by atoms with van der Waals surface area (Å²) in [6.45, 7) is 1.49. The molecule has 0 aromatic heterocycles. The molecule has 0 amide bonds. The first-order valence-electron chi connectivity index (χ1n) is 3.17. The second kappa shape index (κ2) is 1.86. The highest BCUT2D eigenvalue weighted by Crippen LogP contribution is 2.56. The summed E-state index contributed by atoms with van der Waals surface area (Å²) >= 11 is 0. The van der Waals surface area contributed by atoms with E-state index in [1.807, 2.05) is 0 Å². The van der Waals surface area contributed by atoms with Gasteiger partial charge in [-0.3, -0.25) is 0 Å². The molecule has 0 spiro atoms. The monoisotopic (exact) mass is 156 g/mol. The van der Waals surface area contributed by atoms with Crippen molar-refractivity contribution in [1.29, 1.82) is 0 Å². The van der Waals surface area contributed by atoms with Gasteiger partial charge in [0.05, 0.1) is 0 Å². The van der Waals surface area contributed by atoms with Gasteiger partial charge in [0.2, 0.25) is 0 Å². The molecule has 0 saturated heterocycles. The van der Waals surface area contributed by atoms with Crippen LogP contribution in [0.1, 0.15) is 19.8 Å². The fraction of sp³-hybridized carbons (Fsp3) is 1.00. The fourth-order valence-corrected chi connectivity index (χ4v) is 1.14. The highest BCUT2D eigenvalue weighted by Gasteiger charge is 2.70. The standard InChI is InChI=1S/C6H8F4/c1-2-4-3-5(7,8)6(4,9)10/h4H,2-3H2,1H3/t4-/m0/s1. The smallest absolute Gasteiger partial charge is 0.200 e. The summed E-state index contributed by atoms with van der Waals surface area (Å²) in [5.41, 5.74) is 0. The van der Waals surface area contributed by atoms with Crippen molar-refractivity contribution >= 4 is 0 Å². The first-order chi connectivity index (χ1) is 4.42. The van der Waals surface area contributed by atoms with Crippen LogP contribution in [0.5, 0.6) is 0 Å². The number of alkyl halides is 4. The molecule has 0 aromatic carbocycles. The Kier molecular flexibility index (Phi) is 1.45. The highest BCUT2D eigenvalue weighted by atomic mass is 19.3. The van der Waals surface area contributed by atoms with E-state index >= 15 is 0 Å². The van der Waals surface area contributed by atoms with E-state index in [-0.39, 0.29) is 6.42 Å². The molecule has 0 bridgehead atoms. The van der Waals surface area contributed by atoms with Crippen molar-refractivity contribution < 1.29 is 17.6 Å². The van der Waals surface area contributed by atoms with Gasteiger partial charge in [0.1, 0.15) is 0 Å². The first kappa shape index (κ1) is 7.82. The molecule has 1 fully saturated rings. The van der Waals surface area contributed by atoms with Crippen LogP contribution < -0.4 is 0 Å². The van der Waals surface area contributed by atoms with Crippen molar-refractivity contribution in [1.82, 2.24) is 0 Å². The minimum Gasteiger partial charge on any atom is -0.200 e. The lowest BCUT2D eigenvalue weighted by Crippen LogP contribution is -2.58. The summed E-state index contributed by atoms with van der Waals surface area (Å²) in [5, 5.41) is 0. The maximum atomic E-state index is 12.2. The molecule has 1 saturated carbocycles. The van der Waals surface area contributed by atoms with Crippen molar-refractivity contribution in [2.45, 2.75) is 31.6 Å². The normalized spacial score (nSPS) is 35.1. The predicted octanol–water partition coefficient (Wildman–Crippen LogP) is 2.69. The number of rotatable bonds is 1. The van der Waals surface area contributed by atoms with Gasteiger partial charge < -0.3 is 0 Å². The van der Waals surface area contributed by atoms with Crippen LogP contribution in [0.2, 0.25) is 0 Å². The number of hydrogen-bond acceptors (Lipinski definition) is 0. The maximum absolute atomic E-state index is 12.2. The molecule has 1 aliphatic carbocycles. The summed E-state index contributed by atoms with van der Waals surface area (Å²) in [5.74, 6) is -8.60. The molecular weight excluding hydrogens is 148 g/mol. The molecule has 4 heteroatoms. The lowest BCUT2D eigenvalue weighted by molar-refractivity contribution is -0.313. The van der Waals surface area contributed by atoms with Gasteiger partial charge in [-0.25, -0.2) is 0 Å². The van der Waals surface area contributed by atoms with E-state index in [9.17, 15) is 17.6 Å². The van der Waals surface area contributed by atoms with Crippen molar-refractivity contribution in [3.63, 3.8) is 0 Å². The molecule has 0 radical (unpaired) electrons. The van der Waals surface area contributed by atoms with E-state index in [4.69, 9.17) is 0 Å². The Morgan fingerprint density at radius 2 is 1.80 bits per heavy atom. The second-order valence-electron chi connectivity index (χ2n) is 2.64. The van der Waals surface area contributed by atoms with Gasteiger partial charge in [0.15, 0.2) is 0 Å². The molecule has 0 nitrogen and oxygen atoms in total. The predicted molar refractivity (Wildman–Crippen MR) is 28.3 cm³/mol. The molecule has 0 heterocycles. The summed E-state index contributed by atoms with van der Waals surface area (Å²) in [6.07, 6.45) is -0.529. The molecule has 0 aromatic rings. The maximum Gasteiger partial charge on any atom is 0.313 e. The lowest BCUT2D eigenvalue weighted by Gasteiger charge is -2.43. The lowest BCUT2D eigenvalue weighted by atomic mass is 9.75. The van der Waals surface area contributed by atoms with Gasteiger partial charge in [-0.1, -0.05) is 6.92 Å². The molecule has 0 N–H and O–H groups in total. The Bertz CT molecular complexity index is 141. The third-order valence-electron chi connectivity index (χ3n) is 2.00. The Labute approximate surface area is 56.2 Å². The number of hydrogen-bond donors (Lipinski definition) is 0. The van der Waals surface area contributed by atoms with E-state index in [2.05, 4.69) is 0 Å². The zero-order valence-electron chi connectivity index (χ0n) is 5.50. The van der Waals surface area contributed by atoms with Crippen LogP contribution in [0, 0.1) is 5.92 Å². The van der Waals surface area contributed by atoms with Crippen LogP contribution in [0.25, 0.3) is 0 Å². The zero-order chi connectivity index (χ0) is 7.99. The van der Waals surface area contributed by atoms with E-state index in [1.165, 1.54) is 6.92 Å². The quantitative estimate of drug-likeness (QED) is 0.512. The van der Waals surface area contributed by atoms with Crippen LogP contribution in [0.15, 0.2) is 0 Å². The average Bonchev–Trinajstić information content (AvgIpc) is 1.83. The van der Waals surface area contributed by atoms with E-state index in [0.29, 0.717) is 0 Å². The summed E-state index contributed by atoms with van der Waals surface area (Å²) in [6, 6.07) is 0. The van der Waals surface area contributed by atoms with E-state index in [1.54, 1.807) is 0 Å². The zero-order valence-corrected chi connectivity index (χ0v) is 5.50. The van der Waals surface area contributed by atoms with Crippen molar-refractivity contribution in [3.05, 3.63) is 0 Å². The molecule has 1 rings (SSSR count). The molecule has 60 valence electrons. The van der Waals surface area contributed by atoms with Crippen LogP contribution in [-0.2, 0) is 0 Å². The highest BCUT2D eigenvalue weighted by molar-refractivity contribution is 5.02. The minimum absolute atomic E-state index is 0.128. The van der Waals surface area contributed by atoms with Gasteiger partial charge >= 0.3 is 11.8 Å². The summed E-state index contributed by atoms with van der Waals surface area (Å²) < 4.78 is 48.5. The molecule has 1 aliphatic rings. The van der Waals surface area contributed by atoms with Crippen LogP contribution in [0.3, 0.4) is 0 Å². The average molecular weight is 156 g/mol. The van der Waals surface area contributed by atoms with E-state index in [0.717, 1.165) is 0 Å². The molecule has 0 aliphatic heterocycles. The van der Waals surface area contributed by atoms with E-state index < -0.39 is 24.2 Å². The molecule has 10 heavy (non-hydrogen) atoms. The van der Waals surface area contributed by atoms with Gasteiger partial charge in [-0.05, 0) is 6.42 Å². The van der Waals surface area contributed by atoms with Crippen LogP contribution in [-0.4, -0.2) is 11.8 Å². The Morgan fingerprint density at radius 3 is 1.90 bits per heavy atom. The van der Waals surface area contributed by atoms with Crippen LogP contribution in [0.4, 0.5) is 17.6 Å². The topological polar surface area (TPSA) is 0 Å². The Hall–Kier alpha value is -0.280. The molecule has 1 atom stereocenters. The summed E-state index contributed by atoms with van der Waals surface area (Å²) in [4.78, 5) is 0. The number of halogens is 4. The molecular formula is C6H8F4. The van der Waals surface area contributed by atoms with Gasteiger partial charge in [0.25, 0.3) is 0 Å². The van der Waals surface area contributed by atoms with Crippen LogP contribution >= 0.6 is 0 Å². The first-order valence-corrected chi connectivity index (χ1v) is 3.17. The van der Waals surface area contributed by atoms with Crippen molar-refractivity contribution in [3.8, 4) is 0 Å². The fourth-order valence-electron chi connectivity index (χ4n) is 1.14. The van der Waals surface area contributed by atoms with Gasteiger partial charge in [0, 0.05) is 12.3 Å². The summed E-state index contributed by atoms with van der Waals surface area (Å²) in [7, 11) is 0. The Morgan fingerprint density at radius 1 is 1.30 bits per heavy atom. The third kappa shape index (κ3) is 0.739. The SMILES string of the molecule is CC[C@H]1CC(F)(F)C1(F)F.